The second-order valence-corrected chi connectivity index (χ2v) is 5.48. The Morgan fingerprint density at radius 1 is 0.920 bits per heavy atom. The van der Waals surface area contributed by atoms with Gasteiger partial charge in [-0.05, 0) is 42.0 Å². The number of Topliss-reactive ketones (excluding diaryl/α,β-unsaturated/α-hetero) is 1. The number of ether oxygens (including phenoxy) is 2. The van der Waals surface area contributed by atoms with Crippen molar-refractivity contribution in [3.8, 4) is 11.5 Å². The Hall–Kier alpha value is -3.28. The molecular formula is C19H18N2O4. The van der Waals surface area contributed by atoms with Crippen molar-refractivity contribution in [2.45, 2.75) is 6.04 Å². The number of methoxy groups -OCH3 is 2. The van der Waals surface area contributed by atoms with E-state index in [2.05, 4.69) is 10.6 Å². The van der Waals surface area contributed by atoms with Crippen molar-refractivity contribution in [3.05, 3.63) is 71.4 Å². The van der Waals surface area contributed by atoms with E-state index in [0.29, 0.717) is 22.6 Å². The summed E-state index contributed by atoms with van der Waals surface area (Å²) in [6.07, 6.45) is 1.46. The van der Waals surface area contributed by atoms with Gasteiger partial charge in [-0.1, -0.05) is 12.1 Å². The van der Waals surface area contributed by atoms with Crippen LogP contribution >= 0.6 is 0 Å². The molecule has 0 spiro atoms. The van der Waals surface area contributed by atoms with Crippen LogP contribution in [0.25, 0.3) is 0 Å². The number of ketones is 1. The smallest absolute Gasteiger partial charge is 0.319 e. The Morgan fingerprint density at radius 2 is 1.48 bits per heavy atom. The van der Waals surface area contributed by atoms with Crippen LogP contribution in [0.2, 0.25) is 0 Å². The summed E-state index contributed by atoms with van der Waals surface area (Å²) < 4.78 is 10.3. The van der Waals surface area contributed by atoms with Crippen molar-refractivity contribution in [1.82, 2.24) is 10.6 Å². The Bertz CT molecular complexity index is 810. The highest BCUT2D eigenvalue weighted by Gasteiger charge is 2.28. The van der Waals surface area contributed by atoms with Crippen molar-refractivity contribution in [3.63, 3.8) is 0 Å². The van der Waals surface area contributed by atoms with E-state index in [-0.39, 0.29) is 11.8 Å². The quantitative estimate of drug-likeness (QED) is 0.822. The normalized spacial score (nSPS) is 16.3. The maximum atomic E-state index is 12.9. The lowest BCUT2D eigenvalue weighted by molar-refractivity contribution is 0.102. The number of amides is 2. The van der Waals surface area contributed by atoms with Gasteiger partial charge in [0.2, 0.25) is 0 Å². The van der Waals surface area contributed by atoms with E-state index in [9.17, 15) is 9.59 Å². The third kappa shape index (κ3) is 3.47. The fourth-order valence-electron chi connectivity index (χ4n) is 2.64. The molecule has 1 unspecified atom stereocenters. The van der Waals surface area contributed by atoms with Crippen molar-refractivity contribution < 1.29 is 19.1 Å². The zero-order chi connectivity index (χ0) is 17.8. The maximum Gasteiger partial charge on any atom is 0.319 e. The molecule has 1 heterocycles. The van der Waals surface area contributed by atoms with Crippen LogP contribution in [0.15, 0.2) is 60.3 Å². The first kappa shape index (κ1) is 16.6. The van der Waals surface area contributed by atoms with E-state index in [1.165, 1.54) is 6.20 Å². The highest BCUT2D eigenvalue weighted by Crippen LogP contribution is 2.28. The number of benzene rings is 2. The maximum absolute atomic E-state index is 12.9. The van der Waals surface area contributed by atoms with Crippen molar-refractivity contribution in [2.24, 2.45) is 0 Å². The first-order chi connectivity index (χ1) is 12.1. The number of hydrogen-bond acceptors (Lipinski definition) is 4. The molecule has 0 radical (unpaired) electrons. The number of carbonyl (C=O) groups is 2. The monoisotopic (exact) mass is 338 g/mol. The molecule has 1 atom stereocenters. The van der Waals surface area contributed by atoms with Gasteiger partial charge < -0.3 is 20.1 Å². The second kappa shape index (κ2) is 7.09. The van der Waals surface area contributed by atoms with Crippen LogP contribution < -0.4 is 20.1 Å². The zero-order valence-corrected chi connectivity index (χ0v) is 13.9. The van der Waals surface area contributed by atoms with Crippen LogP contribution in [0.1, 0.15) is 22.0 Å². The largest absolute Gasteiger partial charge is 0.497 e. The minimum Gasteiger partial charge on any atom is -0.497 e. The summed E-state index contributed by atoms with van der Waals surface area (Å²) >= 11 is 0. The van der Waals surface area contributed by atoms with Crippen LogP contribution in [-0.4, -0.2) is 26.0 Å². The van der Waals surface area contributed by atoms with Crippen LogP contribution in [0.5, 0.6) is 11.5 Å². The summed E-state index contributed by atoms with van der Waals surface area (Å²) in [6, 6.07) is 13.2. The van der Waals surface area contributed by atoms with Gasteiger partial charge in [-0.15, -0.1) is 0 Å². The summed E-state index contributed by atoms with van der Waals surface area (Å²) in [4.78, 5) is 24.6. The highest BCUT2D eigenvalue weighted by molar-refractivity contribution is 6.10. The molecule has 6 heteroatoms. The predicted octanol–water partition coefficient (Wildman–Crippen LogP) is 2.82. The van der Waals surface area contributed by atoms with Crippen LogP contribution in [0.4, 0.5) is 4.79 Å². The van der Waals surface area contributed by atoms with Gasteiger partial charge >= 0.3 is 6.03 Å². The highest BCUT2D eigenvalue weighted by atomic mass is 16.5. The minimum atomic E-state index is -0.533. The third-order valence-corrected chi connectivity index (χ3v) is 4.01. The van der Waals surface area contributed by atoms with E-state index in [0.717, 1.165) is 5.56 Å². The first-order valence-electron chi connectivity index (χ1n) is 7.72. The summed E-state index contributed by atoms with van der Waals surface area (Å²) in [5.74, 6) is 1.21. The van der Waals surface area contributed by atoms with Gasteiger partial charge in [0.25, 0.3) is 0 Å². The average molecular weight is 338 g/mol. The Morgan fingerprint density at radius 3 is 2.04 bits per heavy atom. The predicted molar refractivity (Wildman–Crippen MR) is 92.8 cm³/mol. The van der Waals surface area contributed by atoms with Gasteiger partial charge in [0.15, 0.2) is 5.78 Å². The molecule has 0 aromatic heterocycles. The Labute approximate surface area is 145 Å². The van der Waals surface area contributed by atoms with E-state index >= 15 is 0 Å². The van der Waals surface area contributed by atoms with Gasteiger partial charge in [0.05, 0.1) is 20.3 Å². The van der Waals surface area contributed by atoms with E-state index in [1.54, 1.807) is 50.6 Å². The fourth-order valence-corrected chi connectivity index (χ4v) is 2.64. The molecule has 128 valence electrons. The van der Waals surface area contributed by atoms with E-state index in [1.807, 2.05) is 12.1 Å². The minimum absolute atomic E-state index is 0.170. The summed E-state index contributed by atoms with van der Waals surface area (Å²) in [5, 5.41) is 5.33. The molecule has 0 bridgehead atoms. The zero-order valence-electron chi connectivity index (χ0n) is 13.9. The molecule has 0 saturated carbocycles. The summed E-state index contributed by atoms with van der Waals surface area (Å²) in [7, 11) is 3.15. The number of carbonyl (C=O) groups excluding carboxylic acids is 2. The molecule has 0 fully saturated rings. The Kier molecular flexibility index (Phi) is 4.70. The summed E-state index contributed by atoms with van der Waals surface area (Å²) in [6.45, 7) is 0. The van der Waals surface area contributed by atoms with Gasteiger partial charge in [0, 0.05) is 17.3 Å². The first-order valence-corrected chi connectivity index (χ1v) is 7.72. The molecular weight excluding hydrogens is 320 g/mol. The number of nitrogens with one attached hydrogen (secondary N) is 2. The van der Waals surface area contributed by atoms with Gasteiger partial charge in [-0.3, -0.25) is 4.79 Å². The average Bonchev–Trinajstić information content (AvgIpc) is 2.67. The topological polar surface area (TPSA) is 76.7 Å². The molecule has 1 aliphatic heterocycles. The van der Waals surface area contributed by atoms with E-state index in [4.69, 9.17) is 9.47 Å². The SMILES string of the molecule is COc1ccc(C(=O)C2=CNC(=O)NC2c2ccc(OC)cc2)cc1. The summed E-state index contributed by atoms with van der Waals surface area (Å²) in [5.41, 5.74) is 1.77. The standard InChI is InChI=1S/C19H18N2O4/c1-24-14-7-3-12(4-8-14)17-16(11-20-19(23)21-17)18(22)13-5-9-15(25-2)10-6-13/h3-11,17H,1-2H3,(H2,20,21,23). The van der Waals surface area contributed by atoms with Crippen LogP contribution in [0, 0.1) is 0 Å². The lowest BCUT2D eigenvalue weighted by atomic mass is 9.92. The number of rotatable bonds is 5. The number of urea groups is 1. The lowest BCUT2D eigenvalue weighted by Crippen LogP contribution is -2.42. The molecule has 2 amide bonds. The van der Waals surface area contributed by atoms with Crippen molar-refractivity contribution in [1.29, 1.82) is 0 Å². The lowest BCUT2D eigenvalue weighted by Gasteiger charge is -2.25. The van der Waals surface area contributed by atoms with Gasteiger partial charge in [-0.2, -0.15) is 0 Å². The van der Waals surface area contributed by atoms with Crippen molar-refractivity contribution >= 4 is 11.8 Å². The molecule has 2 aromatic carbocycles. The molecule has 6 nitrogen and oxygen atoms in total. The molecule has 1 aliphatic rings. The van der Waals surface area contributed by atoms with Gasteiger partial charge in [0.1, 0.15) is 11.5 Å². The molecule has 25 heavy (non-hydrogen) atoms. The van der Waals surface area contributed by atoms with E-state index < -0.39 is 6.04 Å². The van der Waals surface area contributed by atoms with Crippen LogP contribution in [-0.2, 0) is 0 Å². The molecule has 2 aromatic rings. The molecule has 0 aliphatic carbocycles. The van der Waals surface area contributed by atoms with Crippen molar-refractivity contribution in [2.75, 3.05) is 14.2 Å². The Balaban J connectivity index is 1.92. The van der Waals surface area contributed by atoms with Crippen LogP contribution in [0.3, 0.4) is 0 Å². The molecule has 2 N–H and O–H groups in total. The fraction of sp³-hybridized carbons (Fsp3) is 0.158. The number of hydrogen-bond donors (Lipinski definition) is 2. The third-order valence-electron chi connectivity index (χ3n) is 4.01. The second-order valence-electron chi connectivity index (χ2n) is 5.48. The molecule has 3 rings (SSSR count). The molecule has 0 saturated heterocycles. The van der Waals surface area contributed by atoms with Gasteiger partial charge in [-0.25, -0.2) is 4.79 Å².